The first kappa shape index (κ1) is 9.87. The van der Waals surface area contributed by atoms with Gasteiger partial charge < -0.3 is 0 Å². The molecule has 1 heterocycles. The zero-order valence-electron chi connectivity index (χ0n) is 7.24. The molecular weight excluding hydrogens is 306 g/mol. The summed E-state index contributed by atoms with van der Waals surface area (Å²) >= 11 is 7.03. The molecule has 1 aromatic heterocycles. The van der Waals surface area contributed by atoms with Crippen molar-refractivity contribution in [2.75, 3.05) is 0 Å². The maximum absolute atomic E-state index is 4.00. The van der Waals surface area contributed by atoms with Crippen LogP contribution in [0.2, 0.25) is 0 Å². The van der Waals surface area contributed by atoms with Gasteiger partial charge in [-0.25, -0.2) is 0 Å². The molecule has 0 saturated carbocycles. The van der Waals surface area contributed by atoms with Gasteiger partial charge in [-0.05, 0) is 61.2 Å². The molecule has 0 radical (unpaired) electrons. The lowest BCUT2D eigenvalue weighted by Crippen LogP contribution is -1.81. The Morgan fingerprint density at radius 3 is 2.36 bits per heavy atom. The van der Waals surface area contributed by atoms with Gasteiger partial charge in [0.15, 0.2) is 0 Å². The molecule has 2 aromatic rings. The summed E-state index contributed by atoms with van der Waals surface area (Å²) in [5.41, 5.74) is 2.33. The van der Waals surface area contributed by atoms with Gasteiger partial charge in [-0.3, -0.25) is 4.98 Å². The van der Waals surface area contributed by atoms with E-state index in [9.17, 15) is 0 Å². The Morgan fingerprint density at radius 2 is 1.64 bits per heavy atom. The van der Waals surface area contributed by atoms with Gasteiger partial charge >= 0.3 is 0 Å². The summed E-state index contributed by atoms with van der Waals surface area (Å²) < 4.78 is 2.14. The number of pyridine rings is 1. The zero-order chi connectivity index (χ0) is 9.97. The topological polar surface area (TPSA) is 12.9 Å². The largest absolute Gasteiger partial charge is 0.265 e. The van der Waals surface area contributed by atoms with Crippen molar-refractivity contribution in [3.63, 3.8) is 0 Å². The highest BCUT2D eigenvalue weighted by Gasteiger charge is 2.04. The van der Waals surface area contributed by atoms with Crippen molar-refractivity contribution in [3.05, 3.63) is 51.7 Å². The fraction of sp³-hybridized carbons (Fsp3) is 0. The smallest absolute Gasteiger partial charge is 0.0395 e. The molecule has 70 valence electrons. The van der Waals surface area contributed by atoms with E-state index in [1.165, 1.54) is 5.56 Å². The molecule has 1 aromatic carbocycles. The molecule has 0 aliphatic heterocycles. The summed E-state index contributed by atoms with van der Waals surface area (Å²) in [4.78, 5) is 4.00. The fourth-order valence-corrected chi connectivity index (χ4v) is 2.12. The van der Waals surface area contributed by atoms with Crippen LogP contribution in [0, 0.1) is 0 Å². The zero-order valence-corrected chi connectivity index (χ0v) is 10.4. The summed E-state index contributed by atoms with van der Waals surface area (Å²) in [5, 5.41) is 0. The second-order valence-corrected chi connectivity index (χ2v) is 4.48. The monoisotopic (exact) mass is 311 g/mol. The first-order chi connectivity index (χ1) is 6.79. The molecule has 1 nitrogen and oxygen atoms in total. The van der Waals surface area contributed by atoms with Crippen molar-refractivity contribution >= 4 is 31.9 Å². The summed E-state index contributed by atoms with van der Waals surface area (Å²) in [6.45, 7) is 0. The van der Waals surface area contributed by atoms with E-state index in [4.69, 9.17) is 0 Å². The molecule has 3 heteroatoms. The molecule has 0 amide bonds. The molecule has 0 aliphatic carbocycles. The average molecular weight is 313 g/mol. The molecule has 2 rings (SSSR count). The first-order valence-corrected chi connectivity index (χ1v) is 5.72. The molecule has 0 saturated heterocycles. The van der Waals surface area contributed by atoms with Gasteiger partial charge in [0, 0.05) is 21.3 Å². The van der Waals surface area contributed by atoms with Crippen LogP contribution in [0.4, 0.5) is 0 Å². The Morgan fingerprint density at radius 1 is 0.929 bits per heavy atom. The standard InChI is InChI=1S/C11H7Br2N/c12-10-3-1-2-9(11(10)13)8-4-6-14-7-5-8/h1-7H. The number of benzene rings is 1. The molecular formula is C11H7Br2N. The molecule has 0 aliphatic rings. The number of aromatic nitrogens is 1. The van der Waals surface area contributed by atoms with Crippen LogP contribution in [-0.2, 0) is 0 Å². The fourth-order valence-electron chi connectivity index (χ4n) is 1.26. The lowest BCUT2D eigenvalue weighted by Gasteiger charge is -2.05. The molecule has 14 heavy (non-hydrogen) atoms. The number of rotatable bonds is 1. The summed E-state index contributed by atoms with van der Waals surface area (Å²) in [6.07, 6.45) is 3.59. The van der Waals surface area contributed by atoms with Crippen molar-refractivity contribution < 1.29 is 0 Å². The van der Waals surface area contributed by atoms with Crippen LogP contribution < -0.4 is 0 Å². The highest BCUT2D eigenvalue weighted by Crippen LogP contribution is 2.33. The molecule has 0 bridgehead atoms. The van der Waals surface area contributed by atoms with Crippen LogP contribution >= 0.6 is 31.9 Å². The van der Waals surface area contributed by atoms with Crippen molar-refractivity contribution in [2.24, 2.45) is 0 Å². The minimum absolute atomic E-state index is 1.06. The number of nitrogens with zero attached hydrogens (tertiary/aromatic N) is 1. The van der Waals surface area contributed by atoms with Gasteiger partial charge in [0.25, 0.3) is 0 Å². The van der Waals surface area contributed by atoms with Gasteiger partial charge in [0.05, 0.1) is 0 Å². The number of halogens is 2. The predicted molar refractivity (Wildman–Crippen MR) is 65.1 cm³/mol. The first-order valence-electron chi connectivity index (χ1n) is 4.13. The van der Waals surface area contributed by atoms with E-state index < -0.39 is 0 Å². The second-order valence-electron chi connectivity index (χ2n) is 2.84. The van der Waals surface area contributed by atoms with Crippen molar-refractivity contribution in [1.82, 2.24) is 4.98 Å². The number of hydrogen-bond donors (Lipinski definition) is 0. The van der Waals surface area contributed by atoms with E-state index in [1.807, 2.05) is 24.3 Å². The molecule has 0 spiro atoms. The van der Waals surface area contributed by atoms with E-state index >= 15 is 0 Å². The van der Waals surface area contributed by atoms with Crippen LogP contribution in [0.1, 0.15) is 0 Å². The summed E-state index contributed by atoms with van der Waals surface area (Å²) in [7, 11) is 0. The van der Waals surface area contributed by atoms with Gasteiger partial charge in [0.1, 0.15) is 0 Å². The third-order valence-corrected chi connectivity index (χ3v) is 3.99. The van der Waals surface area contributed by atoms with Gasteiger partial charge in [0.2, 0.25) is 0 Å². The highest BCUT2D eigenvalue weighted by molar-refractivity contribution is 9.13. The van der Waals surface area contributed by atoms with E-state index in [0.29, 0.717) is 0 Å². The quantitative estimate of drug-likeness (QED) is 0.766. The SMILES string of the molecule is Brc1cccc(-c2ccncc2)c1Br. The van der Waals surface area contributed by atoms with E-state index in [-0.39, 0.29) is 0 Å². The van der Waals surface area contributed by atoms with Crippen LogP contribution in [0.3, 0.4) is 0 Å². The lowest BCUT2D eigenvalue weighted by molar-refractivity contribution is 1.33. The van der Waals surface area contributed by atoms with Crippen LogP contribution in [0.15, 0.2) is 51.7 Å². The van der Waals surface area contributed by atoms with Gasteiger partial charge in [-0.2, -0.15) is 0 Å². The normalized spacial score (nSPS) is 10.1. The van der Waals surface area contributed by atoms with E-state index in [2.05, 4.69) is 42.9 Å². The van der Waals surface area contributed by atoms with E-state index in [0.717, 1.165) is 14.5 Å². The average Bonchev–Trinajstić information content (AvgIpc) is 2.23. The Kier molecular flexibility index (Phi) is 2.99. The van der Waals surface area contributed by atoms with Crippen molar-refractivity contribution in [1.29, 1.82) is 0 Å². The molecule has 0 unspecified atom stereocenters. The van der Waals surface area contributed by atoms with Crippen molar-refractivity contribution in [3.8, 4) is 11.1 Å². The lowest BCUT2D eigenvalue weighted by atomic mass is 10.1. The molecule has 0 fully saturated rings. The molecule has 0 N–H and O–H groups in total. The highest BCUT2D eigenvalue weighted by atomic mass is 79.9. The number of hydrogen-bond acceptors (Lipinski definition) is 1. The Hall–Kier alpha value is -0.670. The summed E-state index contributed by atoms with van der Waals surface area (Å²) in [5.74, 6) is 0. The predicted octanol–water partition coefficient (Wildman–Crippen LogP) is 4.27. The van der Waals surface area contributed by atoms with Gasteiger partial charge in [-0.15, -0.1) is 0 Å². The third-order valence-electron chi connectivity index (χ3n) is 1.94. The minimum Gasteiger partial charge on any atom is -0.265 e. The minimum atomic E-state index is 1.06. The third kappa shape index (κ3) is 1.88. The maximum atomic E-state index is 4.00. The second kappa shape index (κ2) is 4.24. The van der Waals surface area contributed by atoms with Gasteiger partial charge in [-0.1, -0.05) is 12.1 Å². The Bertz CT molecular complexity index is 440. The van der Waals surface area contributed by atoms with Crippen LogP contribution in [-0.4, -0.2) is 4.98 Å². The maximum Gasteiger partial charge on any atom is 0.0395 e. The van der Waals surface area contributed by atoms with E-state index in [1.54, 1.807) is 12.4 Å². The summed E-state index contributed by atoms with van der Waals surface area (Å²) in [6, 6.07) is 10.1. The molecule has 0 atom stereocenters. The Balaban J connectivity index is 2.58. The Labute approximate surface area is 99.4 Å². The van der Waals surface area contributed by atoms with Crippen molar-refractivity contribution in [2.45, 2.75) is 0 Å². The van der Waals surface area contributed by atoms with Crippen LogP contribution in [0.5, 0.6) is 0 Å². The van der Waals surface area contributed by atoms with Crippen LogP contribution in [0.25, 0.3) is 11.1 Å².